The molecule has 3 aromatic heterocycles. The predicted octanol–water partition coefficient (Wildman–Crippen LogP) is 5.13. The summed E-state index contributed by atoms with van der Waals surface area (Å²) in [5.74, 6) is 0.541. The molecule has 0 bridgehead atoms. The SMILES string of the molecule is Cc1nc2c(c(=O)n1-c1ccccc1)c1nc3ccccc3nc1n2/N=C/c1ccc(Cl)cc1. The first kappa shape index (κ1) is 20.3. The van der Waals surface area contributed by atoms with E-state index in [1.807, 2.05) is 66.7 Å². The van der Waals surface area contributed by atoms with Crippen molar-refractivity contribution in [2.24, 2.45) is 5.10 Å². The van der Waals surface area contributed by atoms with Gasteiger partial charge >= 0.3 is 0 Å². The van der Waals surface area contributed by atoms with Crippen LogP contribution in [-0.2, 0) is 0 Å². The van der Waals surface area contributed by atoms with Crippen LogP contribution in [0.4, 0.5) is 0 Å². The number of para-hydroxylation sites is 3. The first-order valence-electron chi connectivity index (χ1n) is 10.7. The highest BCUT2D eigenvalue weighted by molar-refractivity contribution is 6.30. The molecule has 164 valence electrons. The fourth-order valence-corrected chi connectivity index (χ4v) is 4.17. The van der Waals surface area contributed by atoms with Crippen molar-refractivity contribution in [1.29, 1.82) is 0 Å². The van der Waals surface area contributed by atoms with E-state index in [0.717, 1.165) is 11.3 Å². The lowest BCUT2D eigenvalue weighted by Crippen LogP contribution is -2.22. The fourth-order valence-electron chi connectivity index (χ4n) is 4.04. The van der Waals surface area contributed by atoms with Gasteiger partial charge in [0.2, 0.25) is 0 Å². The zero-order valence-corrected chi connectivity index (χ0v) is 18.8. The lowest BCUT2D eigenvalue weighted by Gasteiger charge is -2.09. The van der Waals surface area contributed by atoms with Crippen molar-refractivity contribution < 1.29 is 0 Å². The molecular weight excluding hydrogens is 448 g/mol. The van der Waals surface area contributed by atoms with Gasteiger partial charge in [-0.15, -0.1) is 0 Å². The topological polar surface area (TPSA) is 78.0 Å². The summed E-state index contributed by atoms with van der Waals surface area (Å²) in [5.41, 5.74) is 4.11. The van der Waals surface area contributed by atoms with E-state index in [1.165, 1.54) is 0 Å². The molecule has 8 heteroatoms. The molecule has 0 atom stereocenters. The van der Waals surface area contributed by atoms with E-state index in [4.69, 9.17) is 26.6 Å². The van der Waals surface area contributed by atoms with Gasteiger partial charge in [0.25, 0.3) is 5.56 Å². The summed E-state index contributed by atoms with van der Waals surface area (Å²) in [6.45, 7) is 1.80. The van der Waals surface area contributed by atoms with Crippen molar-refractivity contribution in [3.8, 4) is 5.69 Å². The molecule has 34 heavy (non-hydrogen) atoms. The van der Waals surface area contributed by atoms with E-state index >= 15 is 0 Å². The minimum atomic E-state index is -0.219. The van der Waals surface area contributed by atoms with Crippen LogP contribution in [-0.4, -0.2) is 30.4 Å². The van der Waals surface area contributed by atoms with Gasteiger partial charge in [0.05, 0.1) is 22.9 Å². The molecule has 0 aliphatic heterocycles. The first-order chi connectivity index (χ1) is 16.6. The van der Waals surface area contributed by atoms with Crippen molar-refractivity contribution >= 4 is 51.0 Å². The summed E-state index contributed by atoms with van der Waals surface area (Å²) in [6.07, 6.45) is 1.69. The maximum Gasteiger partial charge on any atom is 0.269 e. The Morgan fingerprint density at radius 3 is 2.24 bits per heavy atom. The van der Waals surface area contributed by atoms with Gasteiger partial charge < -0.3 is 0 Å². The molecule has 3 heterocycles. The van der Waals surface area contributed by atoms with Crippen molar-refractivity contribution in [2.75, 3.05) is 0 Å². The van der Waals surface area contributed by atoms with Crippen LogP contribution in [0.25, 0.3) is 38.9 Å². The summed E-state index contributed by atoms with van der Waals surface area (Å²) in [7, 11) is 0. The summed E-state index contributed by atoms with van der Waals surface area (Å²) < 4.78 is 3.17. The van der Waals surface area contributed by atoms with Gasteiger partial charge in [0, 0.05) is 5.02 Å². The lowest BCUT2D eigenvalue weighted by atomic mass is 10.2. The average molecular weight is 465 g/mol. The fraction of sp³-hybridized carbons (Fsp3) is 0.0385. The molecule has 0 N–H and O–H groups in total. The van der Waals surface area contributed by atoms with Gasteiger partial charge in [-0.25, -0.2) is 15.0 Å². The van der Waals surface area contributed by atoms with Gasteiger partial charge in [-0.2, -0.15) is 9.78 Å². The van der Waals surface area contributed by atoms with Crippen LogP contribution in [0, 0.1) is 6.92 Å². The van der Waals surface area contributed by atoms with Crippen molar-refractivity contribution in [1.82, 2.24) is 24.2 Å². The predicted molar refractivity (Wildman–Crippen MR) is 135 cm³/mol. The number of aryl methyl sites for hydroxylation is 1. The number of benzene rings is 3. The molecular formula is C26H17ClN6O. The number of rotatable bonds is 3. The third-order valence-corrected chi connectivity index (χ3v) is 5.88. The summed E-state index contributed by atoms with van der Waals surface area (Å²) in [4.78, 5) is 28.2. The van der Waals surface area contributed by atoms with Gasteiger partial charge in [0.15, 0.2) is 11.3 Å². The third kappa shape index (κ3) is 3.25. The van der Waals surface area contributed by atoms with Crippen LogP contribution in [0.15, 0.2) is 88.8 Å². The Hall–Kier alpha value is -4.36. The maximum atomic E-state index is 13.8. The first-order valence-corrected chi connectivity index (χ1v) is 11.0. The highest BCUT2D eigenvalue weighted by atomic mass is 35.5. The quantitative estimate of drug-likeness (QED) is 0.340. The Balaban J connectivity index is 1.70. The summed E-state index contributed by atoms with van der Waals surface area (Å²) >= 11 is 6.01. The molecule has 0 saturated carbocycles. The van der Waals surface area contributed by atoms with Crippen LogP contribution >= 0.6 is 11.6 Å². The lowest BCUT2D eigenvalue weighted by molar-refractivity contribution is 0.865. The number of fused-ring (bicyclic) bond motifs is 4. The van der Waals surface area contributed by atoms with Crippen LogP contribution in [0.5, 0.6) is 0 Å². The second-order valence-corrected chi connectivity index (χ2v) is 8.26. The van der Waals surface area contributed by atoms with E-state index in [1.54, 1.807) is 34.5 Å². The Kier molecular flexibility index (Phi) is 4.71. The van der Waals surface area contributed by atoms with Crippen LogP contribution in [0.2, 0.25) is 5.02 Å². The normalized spacial score (nSPS) is 11.8. The molecule has 0 aliphatic carbocycles. The minimum absolute atomic E-state index is 0.219. The zero-order chi connectivity index (χ0) is 23.2. The minimum Gasteiger partial charge on any atom is -0.268 e. The van der Waals surface area contributed by atoms with Crippen LogP contribution < -0.4 is 5.56 Å². The van der Waals surface area contributed by atoms with E-state index in [9.17, 15) is 4.79 Å². The zero-order valence-electron chi connectivity index (χ0n) is 18.1. The van der Waals surface area contributed by atoms with Gasteiger partial charge in [-0.05, 0) is 48.9 Å². The molecule has 0 aliphatic rings. The Bertz CT molecular complexity index is 1790. The average Bonchev–Trinajstić information content (AvgIpc) is 3.15. The second kappa shape index (κ2) is 7.90. The molecule has 6 aromatic rings. The largest absolute Gasteiger partial charge is 0.269 e. The Morgan fingerprint density at radius 1 is 0.824 bits per heavy atom. The number of hydrogen-bond acceptors (Lipinski definition) is 5. The van der Waals surface area contributed by atoms with Gasteiger partial charge in [0.1, 0.15) is 16.7 Å². The van der Waals surface area contributed by atoms with Crippen molar-refractivity contribution in [3.05, 3.63) is 106 Å². The van der Waals surface area contributed by atoms with E-state index < -0.39 is 0 Å². The molecule has 0 radical (unpaired) electrons. The highest BCUT2D eigenvalue weighted by Crippen LogP contribution is 2.26. The molecule has 0 fully saturated rings. The summed E-state index contributed by atoms with van der Waals surface area (Å²) in [6, 6.07) is 24.3. The third-order valence-electron chi connectivity index (χ3n) is 5.63. The Labute approximate surface area is 198 Å². The van der Waals surface area contributed by atoms with E-state index in [2.05, 4.69) is 5.10 Å². The Morgan fingerprint density at radius 2 is 1.50 bits per heavy atom. The number of aromatic nitrogens is 5. The van der Waals surface area contributed by atoms with Gasteiger partial charge in [-0.3, -0.25) is 9.36 Å². The van der Waals surface area contributed by atoms with E-state index in [-0.39, 0.29) is 5.56 Å². The summed E-state index contributed by atoms with van der Waals surface area (Å²) in [5, 5.41) is 5.66. The monoisotopic (exact) mass is 464 g/mol. The molecule has 7 nitrogen and oxygen atoms in total. The molecule has 3 aromatic carbocycles. The standard InChI is InChI=1S/C26H17ClN6O/c1-16-29-24-22(26(34)32(16)19-7-3-2-4-8-19)23-25(31-21-10-6-5-9-20(21)30-23)33(24)28-15-17-11-13-18(27)14-12-17/h2-15H,1H3/b28-15+. The maximum absolute atomic E-state index is 13.8. The molecule has 0 spiro atoms. The smallest absolute Gasteiger partial charge is 0.268 e. The molecule has 6 rings (SSSR count). The highest BCUT2D eigenvalue weighted by Gasteiger charge is 2.21. The van der Waals surface area contributed by atoms with E-state index in [0.29, 0.717) is 44.1 Å². The molecule has 0 amide bonds. The van der Waals surface area contributed by atoms with Crippen LogP contribution in [0.1, 0.15) is 11.4 Å². The second-order valence-electron chi connectivity index (χ2n) is 7.83. The van der Waals surface area contributed by atoms with Crippen LogP contribution in [0.3, 0.4) is 0 Å². The number of halogens is 1. The number of hydrogen-bond donors (Lipinski definition) is 0. The van der Waals surface area contributed by atoms with Gasteiger partial charge in [-0.1, -0.05) is 54.1 Å². The van der Waals surface area contributed by atoms with Crippen molar-refractivity contribution in [2.45, 2.75) is 6.92 Å². The van der Waals surface area contributed by atoms with Crippen molar-refractivity contribution in [3.63, 3.8) is 0 Å². The molecule has 0 unspecified atom stereocenters. The molecule has 0 saturated heterocycles. The number of nitrogens with zero attached hydrogens (tertiary/aromatic N) is 6.